The zero-order valence-corrected chi connectivity index (χ0v) is 15.9. The zero-order chi connectivity index (χ0) is 16.7. The molecule has 0 saturated carbocycles. The number of ether oxygens (including phenoxy) is 1. The molecule has 4 nitrogen and oxygen atoms in total. The molecule has 1 heterocycles. The Morgan fingerprint density at radius 1 is 0.769 bits per heavy atom. The lowest BCUT2D eigenvalue weighted by molar-refractivity contribution is 0.414. The van der Waals surface area contributed by atoms with Gasteiger partial charge in [-0.25, -0.2) is 0 Å². The SMILES string of the molecule is COc1ccc(Cn2c3cc(N)ccc3c3ccc(N)cc32)cc1.Cl.Cl. The molecule has 136 valence electrons. The van der Waals surface area contributed by atoms with E-state index in [1.165, 1.54) is 16.3 Å². The predicted molar refractivity (Wildman–Crippen MR) is 115 cm³/mol. The highest BCUT2D eigenvalue weighted by molar-refractivity contribution is 6.09. The van der Waals surface area contributed by atoms with Crippen LogP contribution in [0.15, 0.2) is 60.7 Å². The van der Waals surface area contributed by atoms with E-state index in [-0.39, 0.29) is 24.8 Å². The molecule has 0 bridgehead atoms. The predicted octanol–water partition coefficient (Wildman–Crippen LogP) is 4.86. The summed E-state index contributed by atoms with van der Waals surface area (Å²) in [4.78, 5) is 0. The van der Waals surface area contributed by atoms with Crippen molar-refractivity contribution in [2.24, 2.45) is 0 Å². The van der Waals surface area contributed by atoms with E-state index in [2.05, 4.69) is 28.8 Å². The second kappa shape index (κ2) is 7.77. The van der Waals surface area contributed by atoms with Crippen LogP contribution in [0.5, 0.6) is 5.75 Å². The number of nitrogens with two attached hydrogens (primary N) is 2. The minimum atomic E-state index is 0. The first-order chi connectivity index (χ1) is 11.7. The summed E-state index contributed by atoms with van der Waals surface area (Å²) >= 11 is 0. The maximum Gasteiger partial charge on any atom is 0.118 e. The fourth-order valence-corrected chi connectivity index (χ4v) is 3.21. The third-order valence-corrected chi connectivity index (χ3v) is 4.42. The van der Waals surface area contributed by atoms with E-state index < -0.39 is 0 Å². The first-order valence-electron chi connectivity index (χ1n) is 7.85. The number of aromatic nitrogens is 1. The molecule has 4 aromatic rings. The minimum Gasteiger partial charge on any atom is -0.497 e. The molecule has 0 spiro atoms. The maximum absolute atomic E-state index is 6.02. The van der Waals surface area contributed by atoms with Gasteiger partial charge in [-0.3, -0.25) is 0 Å². The van der Waals surface area contributed by atoms with Gasteiger partial charge in [-0.1, -0.05) is 24.3 Å². The summed E-state index contributed by atoms with van der Waals surface area (Å²) in [5.74, 6) is 0.856. The molecule has 0 aliphatic rings. The van der Waals surface area contributed by atoms with Crippen molar-refractivity contribution >= 4 is 58.0 Å². The zero-order valence-electron chi connectivity index (χ0n) is 14.3. The molecular weight excluding hydrogens is 369 g/mol. The van der Waals surface area contributed by atoms with Crippen molar-refractivity contribution in [3.8, 4) is 5.75 Å². The Labute approximate surface area is 164 Å². The number of hydrogen-bond acceptors (Lipinski definition) is 3. The van der Waals surface area contributed by atoms with Crippen LogP contribution in [-0.2, 0) is 6.54 Å². The highest BCUT2D eigenvalue weighted by Gasteiger charge is 2.11. The van der Waals surface area contributed by atoms with Gasteiger partial charge in [0.2, 0.25) is 0 Å². The lowest BCUT2D eigenvalue weighted by Gasteiger charge is -2.09. The van der Waals surface area contributed by atoms with Gasteiger partial charge in [-0.05, 0) is 42.0 Å². The fourth-order valence-electron chi connectivity index (χ4n) is 3.21. The maximum atomic E-state index is 6.02. The molecule has 4 N–H and O–H groups in total. The Morgan fingerprint density at radius 3 is 1.73 bits per heavy atom. The second-order valence-corrected chi connectivity index (χ2v) is 5.99. The Bertz CT molecular complexity index is 983. The minimum absolute atomic E-state index is 0. The van der Waals surface area contributed by atoms with Gasteiger partial charge in [0, 0.05) is 28.7 Å². The molecule has 0 radical (unpaired) electrons. The average Bonchev–Trinajstić information content (AvgIpc) is 2.88. The first kappa shape index (κ1) is 19.8. The Morgan fingerprint density at radius 2 is 1.27 bits per heavy atom. The number of rotatable bonds is 3. The number of fused-ring (bicyclic) bond motifs is 3. The van der Waals surface area contributed by atoms with Crippen molar-refractivity contribution in [3.05, 3.63) is 66.2 Å². The summed E-state index contributed by atoms with van der Waals surface area (Å²) in [5.41, 5.74) is 17.0. The van der Waals surface area contributed by atoms with Crippen LogP contribution in [0, 0.1) is 0 Å². The smallest absolute Gasteiger partial charge is 0.118 e. The Kier molecular flexibility index (Phi) is 5.90. The van der Waals surface area contributed by atoms with Crippen molar-refractivity contribution in [2.45, 2.75) is 6.54 Å². The summed E-state index contributed by atoms with van der Waals surface area (Å²) in [7, 11) is 1.67. The number of anilines is 2. The molecular formula is C20H21Cl2N3O. The molecule has 4 rings (SSSR count). The molecule has 0 aliphatic carbocycles. The molecule has 0 saturated heterocycles. The quantitative estimate of drug-likeness (QED) is 0.491. The van der Waals surface area contributed by atoms with Gasteiger partial charge in [0.1, 0.15) is 5.75 Å². The normalized spacial score (nSPS) is 10.3. The lowest BCUT2D eigenvalue weighted by Crippen LogP contribution is -2.00. The number of halogens is 2. The van der Waals surface area contributed by atoms with Crippen LogP contribution in [0.4, 0.5) is 11.4 Å². The number of benzene rings is 3. The summed E-state index contributed by atoms with van der Waals surface area (Å²) in [6.45, 7) is 0.747. The molecule has 26 heavy (non-hydrogen) atoms. The number of nitrogens with zero attached hydrogens (tertiary/aromatic N) is 1. The van der Waals surface area contributed by atoms with E-state index >= 15 is 0 Å². The van der Waals surface area contributed by atoms with Gasteiger partial charge >= 0.3 is 0 Å². The van der Waals surface area contributed by atoms with Gasteiger partial charge in [-0.15, -0.1) is 24.8 Å². The Hall–Kier alpha value is -2.56. The van der Waals surface area contributed by atoms with Crippen LogP contribution in [0.1, 0.15) is 5.56 Å². The third kappa shape index (κ3) is 3.39. The van der Waals surface area contributed by atoms with Crippen LogP contribution >= 0.6 is 24.8 Å². The number of methoxy groups -OCH3 is 1. The van der Waals surface area contributed by atoms with E-state index in [9.17, 15) is 0 Å². The van der Waals surface area contributed by atoms with Gasteiger partial charge in [0.05, 0.1) is 18.1 Å². The molecule has 3 aromatic carbocycles. The second-order valence-electron chi connectivity index (χ2n) is 5.99. The largest absolute Gasteiger partial charge is 0.497 e. The van der Waals surface area contributed by atoms with E-state index in [0.29, 0.717) is 0 Å². The van der Waals surface area contributed by atoms with Crippen LogP contribution in [0.2, 0.25) is 0 Å². The highest BCUT2D eigenvalue weighted by Crippen LogP contribution is 2.32. The van der Waals surface area contributed by atoms with Crippen molar-refractivity contribution in [3.63, 3.8) is 0 Å². The summed E-state index contributed by atoms with van der Waals surface area (Å²) in [6.07, 6.45) is 0. The summed E-state index contributed by atoms with van der Waals surface area (Å²) in [6, 6.07) is 20.2. The third-order valence-electron chi connectivity index (χ3n) is 4.42. The topological polar surface area (TPSA) is 66.2 Å². The van der Waals surface area contributed by atoms with Gasteiger partial charge in [0.15, 0.2) is 0 Å². The van der Waals surface area contributed by atoms with Gasteiger partial charge < -0.3 is 20.8 Å². The van der Waals surface area contributed by atoms with Crippen LogP contribution < -0.4 is 16.2 Å². The summed E-state index contributed by atoms with van der Waals surface area (Å²) < 4.78 is 7.50. The number of nitrogen functional groups attached to an aromatic ring is 2. The van der Waals surface area contributed by atoms with Gasteiger partial charge in [0.25, 0.3) is 0 Å². The van der Waals surface area contributed by atoms with Crippen molar-refractivity contribution < 1.29 is 4.74 Å². The molecule has 6 heteroatoms. The van der Waals surface area contributed by atoms with E-state index in [0.717, 1.165) is 34.7 Å². The van der Waals surface area contributed by atoms with Crippen LogP contribution in [-0.4, -0.2) is 11.7 Å². The van der Waals surface area contributed by atoms with E-state index in [1.807, 2.05) is 36.4 Å². The Balaban J connectivity index is 0.00000121. The fraction of sp³-hybridized carbons (Fsp3) is 0.100. The van der Waals surface area contributed by atoms with Crippen LogP contribution in [0.3, 0.4) is 0 Å². The monoisotopic (exact) mass is 389 g/mol. The number of hydrogen-bond donors (Lipinski definition) is 2. The lowest BCUT2D eigenvalue weighted by atomic mass is 10.1. The summed E-state index contributed by atoms with van der Waals surface area (Å²) in [5, 5.41) is 2.38. The average molecular weight is 390 g/mol. The molecule has 0 atom stereocenters. The highest BCUT2D eigenvalue weighted by atomic mass is 35.5. The molecule has 0 fully saturated rings. The van der Waals surface area contributed by atoms with E-state index in [4.69, 9.17) is 16.2 Å². The van der Waals surface area contributed by atoms with Crippen LogP contribution in [0.25, 0.3) is 21.8 Å². The molecule has 0 amide bonds. The van der Waals surface area contributed by atoms with E-state index in [1.54, 1.807) is 7.11 Å². The van der Waals surface area contributed by atoms with Crippen molar-refractivity contribution in [2.75, 3.05) is 18.6 Å². The first-order valence-corrected chi connectivity index (χ1v) is 7.85. The molecule has 0 unspecified atom stereocenters. The van der Waals surface area contributed by atoms with Crippen molar-refractivity contribution in [1.29, 1.82) is 0 Å². The molecule has 0 aliphatic heterocycles. The van der Waals surface area contributed by atoms with Gasteiger partial charge in [-0.2, -0.15) is 0 Å². The molecule has 1 aromatic heterocycles. The standard InChI is InChI=1S/C20H19N3O.2ClH/c1-24-16-6-2-13(3-7-16)12-23-19-10-14(21)4-8-17(19)18-9-5-15(22)11-20(18)23;;/h2-11H,12,21-22H2,1H3;2*1H. The van der Waals surface area contributed by atoms with Crippen molar-refractivity contribution in [1.82, 2.24) is 4.57 Å².